The van der Waals surface area contributed by atoms with Gasteiger partial charge in [0.1, 0.15) is 0 Å². The van der Waals surface area contributed by atoms with Crippen molar-refractivity contribution in [1.29, 1.82) is 0 Å². The summed E-state index contributed by atoms with van der Waals surface area (Å²) in [5, 5.41) is 3.48. The zero-order chi connectivity index (χ0) is 13.7. The molecular formula is C14H25N3OS. The van der Waals surface area contributed by atoms with Crippen LogP contribution in [-0.2, 0) is 17.7 Å². The number of morpholine rings is 1. The summed E-state index contributed by atoms with van der Waals surface area (Å²) in [6.07, 6.45) is 2.62. The van der Waals surface area contributed by atoms with Crippen LogP contribution in [0.3, 0.4) is 0 Å². The first-order valence-corrected chi connectivity index (χ1v) is 7.97. The quantitative estimate of drug-likeness (QED) is 0.797. The van der Waals surface area contributed by atoms with Gasteiger partial charge in [0, 0.05) is 31.6 Å². The van der Waals surface area contributed by atoms with Crippen LogP contribution in [0.1, 0.15) is 24.0 Å². The zero-order valence-electron chi connectivity index (χ0n) is 12.3. The maximum absolute atomic E-state index is 5.80. The Morgan fingerprint density at radius 3 is 3.11 bits per heavy atom. The van der Waals surface area contributed by atoms with Crippen molar-refractivity contribution < 1.29 is 4.74 Å². The molecular weight excluding hydrogens is 258 g/mol. The number of thiazole rings is 1. The van der Waals surface area contributed by atoms with E-state index in [1.807, 2.05) is 0 Å². The molecule has 0 aliphatic carbocycles. The van der Waals surface area contributed by atoms with Crippen molar-refractivity contribution in [3.05, 3.63) is 16.1 Å². The highest BCUT2D eigenvalue weighted by Gasteiger charge is 2.21. The van der Waals surface area contributed by atoms with Gasteiger partial charge < -0.3 is 9.64 Å². The van der Waals surface area contributed by atoms with Gasteiger partial charge >= 0.3 is 0 Å². The minimum absolute atomic E-state index is 0.331. The summed E-state index contributed by atoms with van der Waals surface area (Å²) >= 11 is 1.80. The van der Waals surface area contributed by atoms with E-state index in [0.717, 1.165) is 39.2 Å². The van der Waals surface area contributed by atoms with Gasteiger partial charge in [0.05, 0.1) is 23.4 Å². The third kappa shape index (κ3) is 4.84. The molecule has 1 aliphatic heterocycles. The minimum atomic E-state index is 0.331. The fourth-order valence-corrected chi connectivity index (χ4v) is 3.31. The summed E-state index contributed by atoms with van der Waals surface area (Å²) in [6.45, 7) is 7.03. The van der Waals surface area contributed by atoms with E-state index in [1.165, 1.54) is 17.1 Å². The maximum atomic E-state index is 5.80. The fourth-order valence-electron chi connectivity index (χ4n) is 2.42. The SMILES string of the molecule is CCCc1nc(CN2CCO[C@H](CN(C)C)C2)cs1. The molecule has 0 unspecified atom stereocenters. The number of rotatable bonds is 6. The van der Waals surface area contributed by atoms with Crippen LogP contribution in [0.4, 0.5) is 0 Å². The van der Waals surface area contributed by atoms with Gasteiger partial charge in [0.25, 0.3) is 0 Å². The van der Waals surface area contributed by atoms with Crippen molar-refractivity contribution >= 4 is 11.3 Å². The van der Waals surface area contributed by atoms with E-state index in [2.05, 4.69) is 36.2 Å². The highest BCUT2D eigenvalue weighted by atomic mass is 32.1. The van der Waals surface area contributed by atoms with Gasteiger partial charge in [0.15, 0.2) is 0 Å². The lowest BCUT2D eigenvalue weighted by atomic mass is 10.2. The van der Waals surface area contributed by atoms with E-state index in [9.17, 15) is 0 Å². The second kappa shape index (κ2) is 7.33. The summed E-state index contributed by atoms with van der Waals surface area (Å²) in [5.74, 6) is 0. The molecule has 108 valence electrons. The molecule has 1 fully saturated rings. The predicted molar refractivity (Wildman–Crippen MR) is 79.7 cm³/mol. The van der Waals surface area contributed by atoms with Gasteiger partial charge in [-0.3, -0.25) is 4.90 Å². The van der Waals surface area contributed by atoms with Gasteiger partial charge in [-0.1, -0.05) is 6.92 Å². The molecule has 5 heteroatoms. The molecule has 1 aromatic heterocycles. The van der Waals surface area contributed by atoms with Crippen molar-refractivity contribution in [3.8, 4) is 0 Å². The van der Waals surface area contributed by atoms with Gasteiger partial charge in [-0.05, 0) is 26.9 Å². The van der Waals surface area contributed by atoms with Gasteiger partial charge in [-0.15, -0.1) is 11.3 Å². The van der Waals surface area contributed by atoms with Gasteiger partial charge in [-0.25, -0.2) is 4.98 Å². The third-order valence-electron chi connectivity index (χ3n) is 3.24. The molecule has 19 heavy (non-hydrogen) atoms. The van der Waals surface area contributed by atoms with Crippen molar-refractivity contribution in [1.82, 2.24) is 14.8 Å². The largest absolute Gasteiger partial charge is 0.374 e. The van der Waals surface area contributed by atoms with Crippen LogP contribution in [0.25, 0.3) is 0 Å². The maximum Gasteiger partial charge on any atom is 0.0928 e. The summed E-state index contributed by atoms with van der Waals surface area (Å²) in [6, 6.07) is 0. The van der Waals surface area contributed by atoms with Crippen LogP contribution in [0.5, 0.6) is 0 Å². The van der Waals surface area contributed by atoms with Crippen molar-refractivity contribution in [3.63, 3.8) is 0 Å². The second-order valence-corrected chi connectivity index (χ2v) is 6.42. The average molecular weight is 283 g/mol. The first-order chi connectivity index (χ1) is 9.17. The monoisotopic (exact) mass is 283 g/mol. The minimum Gasteiger partial charge on any atom is -0.374 e. The first-order valence-electron chi connectivity index (χ1n) is 7.09. The number of aromatic nitrogens is 1. The topological polar surface area (TPSA) is 28.6 Å². The van der Waals surface area contributed by atoms with Crippen LogP contribution >= 0.6 is 11.3 Å². The van der Waals surface area contributed by atoms with Crippen LogP contribution in [0.15, 0.2) is 5.38 Å². The van der Waals surface area contributed by atoms with Crippen LogP contribution in [-0.4, -0.2) is 61.2 Å². The smallest absolute Gasteiger partial charge is 0.0928 e. The first kappa shape index (κ1) is 14.9. The summed E-state index contributed by atoms with van der Waals surface area (Å²) in [4.78, 5) is 9.36. The second-order valence-electron chi connectivity index (χ2n) is 5.47. The molecule has 0 saturated carbocycles. The summed E-state index contributed by atoms with van der Waals surface area (Å²) in [5.41, 5.74) is 1.22. The molecule has 0 radical (unpaired) electrons. The van der Waals surface area contributed by atoms with E-state index in [-0.39, 0.29) is 0 Å². The molecule has 0 N–H and O–H groups in total. The molecule has 0 spiro atoms. The number of aryl methyl sites for hydroxylation is 1. The highest BCUT2D eigenvalue weighted by Crippen LogP contribution is 2.15. The average Bonchev–Trinajstić information content (AvgIpc) is 2.76. The lowest BCUT2D eigenvalue weighted by molar-refractivity contribution is -0.0409. The Labute approximate surface area is 120 Å². The molecule has 1 aliphatic rings. The Balaban J connectivity index is 1.83. The van der Waals surface area contributed by atoms with Crippen LogP contribution in [0.2, 0.25) is 0 Å². The Kier molecular flexibility index (Phi) is 5.76. The molecule has 0 amide bonds. The van der Waals surface area contributed by atoms with E-state index >= 15 is 0 Å². The number of ether oxygens (including phenoxy) is 1. The molecule has 1 atom stereocenters. The number of likely N-dealkylation sites (N-methyl/N-ethyl adjacent to an activating group) is 1. The van der Waals surface area contributed by atoms with Crippen molar-refractivity contribution in [2.75, 3.05) is 40.3 Å². The zero-order valence-corrected chi connectivity index (χ0v) is 13.1. The Morgan fingerprint density at radius 2 is 2.37 bits per heavy atom. The van der Waals surface area contributed by atoms with Gasteiger partial charge in [0.2, 0.25) is 0 Å². The molecule has 2 rings (SSSR count). The highest BCUT2D eigenvalue weighted by molar-refractivity contribution is 7.09. The number of hydrogen-bond acceptors (Lipinski definition) is 5. The van der Waals surface area contributed by atoms with Crippen LogP contribution < -0.4 is 0 Å². The Hall–Kier alpha value is -0.490. The third-order valence-corrected chi connectivity index (χ3v) is 4.20. The molecule has 0 bridgehead atoms. The lowest BCUT2D eigenvalue weighted by Gasteiger charge is -2.33. The lowest BCUT2D eigenvalue weighted by Crippen LogP contribution is -2.46. The van der Waals surface area contributed by atoms with E-state index in [1.54, 1.807) is 11.3 Å². The van der Waals surface area contributed by atoms with Crippen molar-refractivity contribution in [2.24, 2.45) is 0 Å². The summed E-state index contributed by atoms with van der Waals surface area (Å²) < 4.78 is 5.80. The molecule has 1 aromatic rings. The Morgan fingerprint density at radius 1 is 1.53 bits per heavy atom. The fraction of sp³-hybridized carbons (Fsp3) is 0.786. The normalized spacial score (nSPS) is 21.2. The Bertz CT molecular complexity index is 381. The number of hydrogen-bond donors (Lipinski definition) is 0. The van der Waals surface area contributed by atoms with Crippen molar-refractivity contribution in [2.45, 2.75) is 32.4 Å². The molecule has 4 nitrogen and oxygen atoms in total. The van der Waals surface area contributed by atoms with Crippen LogP contribution in [0, 0.1) is 0 Å². The van der Waals surface area contributed by atoms with Gasteiger partial charge in [-0.2, -0.15) is 0 Å². The molecule has 1 saturated heterocycles. The standard InChI is InChI=1S/C14H25N3OS/c1-4-5-14-15-12(11-19-14)8-17-6-7-18-13(10-17)9-16(2)3/h11,13H,4-10H2,1-3H3/t13-/m1/s1. The number of nitrogens with zero attached hydrogens (tertiary/aromatic N) is 3. The molecule has 0 aromatic carbocycles. The van der Waals surface area contributed by atoms with E-state index in [4.69, 9.17) is 9.72 Å². The summed E-state index contributed by atoms with van der Waals surface area (Å²) in [7, 11) is 4.19. The van der Waals surface area contributed by atoms with E-state index in [0.29, 0.717) is 6.10 Å². The molecule has 2 heterocycles. The van der Waals surface area contributed by atoms with E-state index < -0.39 is 0 Å². The predicted octanol–water partition coefficient (Wildman–Crippen LogP) is 1.86.